The molecule has 0 heterocycles. The molecular weight excluding hydrogens is 314 g/mol. The summed E-state index contributed by atoms with van der Waals surface area (Å²) in [5.74, 6) is -0.119. The topological polar surface area (TPSA) is 61.4 Å². The molecule has 0 aliphatic rings. The Morgan fingerprint density at radius 2 is 1.64 bits per heavy atom. The molecule has 2 amide bonds. The second kappa shape index (κ2) is 10.2. The fourth-order valence-corrected chi connectivity index (χ4v) is 2.69. The maximum absolute atomic E-state index is 12.5. The third kappa shape index (κ3) is 7.69. The molecule has 2 N–H and O–H groups in total. The first-order valence-corrected chi connectivity index (χ1v) is 9.16. The van der Waals surface area contributed by atoms with Crippen LogP contribution in [0.3, 0.4) is 0 Å². The molecule has 5 heteroatoms. The van der Waals surface area contributed by atoms with Crippen molar-refractivity contribution in [1.82, 2.24) is 10.2 Å². The van der Waals surface area contributed by atoms with Crippen LogP contribution in [0.4, 0.5) is 5.69 Å². The van der Waals surface area contributed by atoms with Gasteiger partial charge in [-0.1, -0.05) is 52.8 Å². The van der Waals surface area contributed by atoms with Gasteiger partial charge in [0.1, 0.15) is 0 Å². The highest BCUT2D eigenvalue weighted by atomic mass is 16.2. The van der Waals surface area contributed by atoms with Crippen molar-refractivity contribution in [1.29, 1.82) is 0 Å². The molecule has 0 radical (unpaired) electrons. The van der Waals surface area contributed by atoms with Crippen LogP contribution in [0, 0.1) is 0 Å². The zero-order valence-electron chi connectivity index (χ0n) is 16.3. The average Bonchev–Trinajstić information content (AvgIpc) is 2.52. The van der Waals surface area contributed by atoms with Gasteiger partial charge in [-0.25, -0.2) is 0 Å². The minimum absolute atomic E-state index is 0.0295. The zero-order valence-corrected chi connectivity index (χ0v) is 16.3. The van der Waals surface area contributed by atoms with E-state index in [1.165, 1.54) is 0 Å². The Morgan fingerprint density at radius 3 is 2.24 bits per heavy atom. The summed E-state index contributed by atoms with van der Waals surface area (Å²) >= 11 is 0. The zero-order chi connectivity index (χ0) is 18.9. The predicted octanol–water partition coefficient (Wildman–Crippen LogP) is 3.16. The van der Waals surface area contributed by atoms with Crippen molar-refractivity contribution in [2.24, 2.45) is 0 Å². The van der Waals surface area contributed by atoms with Gasteiger partial charge in [-0.15, -0.1) is 0 Å². The lowest BCUT2D eigenvalue weighted by Crippen LogP contribution is -2.41. The number of para-hydroxylation sites is 1. The van der Waals surface area contributed by atoms with Crippen molar-refractivity contribution in [3.8, 4) is 0 Å². The van der Waals surface area contributed by atoms with Gasteiger partial charge in [0.25, 0.3) is 0 Å². The van der Waals surface area contributed by atoms with E-state index in [4.69, 9.17) is 0 Å². The third-order valence-electron chi connectivity index (χ3n) is 3.86. The molecule has 0 aliphatic carbocycles. The van der Waals surface area contributed by atoms with Crippen molar-refractivity contribution < 1.29 is 9.59 Å². The average molecular weight is 348 g/mol. The molecule has 5 nitrogen and oxygen atoms in total. The van der Waals surface area contributed by atoms with Gasteiger partial charge in [-0.2, -0.15) is 0 Å². The molecule has 25 heavy (non-hydrogen) atoms. The number of benzene rings is 1. The number of nitrogens with zero attached hydrogens (tertiary/aromatic N) is 1. The molecule has 0 unspecified atom stereocenters. The number of rotatable bonds is 9. The number of amides is 2. The Labute approximate surface area is 152 Å². The predicted molar refractivity (Wildman–Crippen MR) is 104 cm³/mol. The van der Waals surface area contributed by atoms with E-state index in [1.54, 1.807) is 0 Å². The van der Waals surface area contributed by atoms with Crippen LogP contribution in [0.5, 0.6) is 0 Å². The van der Waals surface area contributed by atoms with Crippen LogP contribution in [-0.4, -0.2) is 42.9 Å². The number of hydrogen-bond donors (Lipinski definition) is 2. The molecule has 1 aromatic carbocycles. The van der Waals surface area contributed by atoms with E-state index in [0.717, 1.165) is 24.1 Å². The lowest BCUT2D eigenvalue weighted by atomic mass is 9.86. The van der Waals surface area contributed by atoms with Crippen LogP contribution in [0.1, 0.15) is 53.0 Å². The maximum atomic E-state index is 12.5. The summed E-state index contributed by atoms with van der Waals surface area (Å²) in [6.45, 7) is 12.3. The van der Waals surface area contributed by atoms with Crippen LogP contribution < -0.4 is 10.6 Å². The molecule has 0 fully saturated rings. The van der Waals surface area contributed by atoms with Crippen molar-refractivity contribution >= 4 is 17.5 Å². The van der Waals surface area contributed by atoms with Crippen LogP contribution in [0.25, 0.3) is 0 Å². The molecular formula is C20H33N3O2. The molecule has 0 bridgehead atoms. The number of carbonyl (C=O) groups is 2. The molecule has 1 aromatic rings. The van der Waals surface area contributed by atoms with E-state index in [-0.39, 0.29) is 30.3 Å². The third-order valence-corrected chi connectivity index (χ3v) is 3.86. The van der Waals surface area contributed by atoms with Crippen LogP contribution in [-0.2, 0) is 15.0 Å². The smallest absolute Gasteiger partial charge is 0.238 e. The number of anilines is 1. The van der Waals surface area contributed by atoms with E-state index in [0.29, 0.717) is 13.1 Å². The Morgan fingerprint density at radius 1 is 1.00 bits per heavy atom. The second-order valence-corrected chi connectivity index (χ2v) is 7.40. The highest BCUT2D eigenvalue weighted by molar-refractivity contribution is 5.93. The second-order valence-electron chi connectivity index (χ2n) is 7.40. The minimum atomic E-state index is -0.0894. The highest BCUT2D eigenvalue weighted by Crippen LogP contribution is 2.29. The summed E-state index contributed by atoms with van der Waals surface area (Å²) < 4.78 is 0. The quantitative estimate of drug-likeness (QED) is 0.721. The highest BCUT2D eigenvalue weighted by Gasteiger charge is 2.19. The summed E-state index contributed by atoms with van der Waals surface area (Å²) in [6, 6.07) is 7.87. The standard InChI is InChI=1S/C20H33N3O2/c1-6-12-21-18(24)14-23(13-7-2)15-19(25)22-17-11-9-8-10-16(17)20(3,4)5/h8-11H,6-7,12-15H2,1-5H3,(H,21,24)(H,22,25). The van der Waals surface area contributed by atoms with Gasteiger partial charge < -0.3 is 10.6 Å². The van der Waals surface area contributed by atoms with Crippen molar-refractivity contribution in [2.45, 2.75) is 52.9 Å². The van der Waals surface area contributed by atoms with E-state index in [9.17, 15) is 9.59 Å². The van der Waals surface area contributed by atoms with Gasteiger partial charge in [0.05, 0.1) is 13.1 Å². The molecule has 0 saturated heterocycles. The van der Waals surface area contributed by atoms with E-state index in [2.05, 4.69) is 31.4 Å². The Balaban J connectivity index is 2.71. The van der Waals surface area contributed by atoms with Crippen LogP contribution in [0.15, 0.2) is 24.3 Å². The van der Waals surface area contributed by atoms with Crippen molar-refractivity contribution in [2.75, 3.05) is 31.5 Å². The summed E-state index contributed by atoms with van der Waals surface area (Å²) in [5.41, 5.74) is 1.89. The van der Waals surface area contributed by atoms with E-state index >= 15 is 0 Å². The lowest BCUT2D eigenvalue weighted by Gasteiger charge is -2.24. The lowest BCUT2D eigenvalue weighted by molar-refractivity contribution is -0.123. The first kappa shape index (κ1) is 21.2. The maximum Gasteiger partial charge on any atom is 0.238 e. The van der Waals surface area contributed by atoms with E-state index < -0.39 is 0 Å². The molecule has 0 saturated carbocycles. The largest absolute Gasteiger partial charge is 0.355 e. The Hall–Kier alpha value is -1.88. The first-order chi connectivity index (χ1) is 11.8. The summed E-state index contributed by atoms with van der Waals surface area (Å²) in [5, 5.41) is 5.87. The van der Waals surface area contributed by atoms with Gasteiger partial charge in [-0.3, -0.25) is 14.5 Å². The number of hydrogen-bond acceptors (Lipinski definition) is 3. The SMILES string of the molecule is CCCNC(=O)CN(CCC)CC(=O)Nc1ccccc1C(C)(C)C. The molecule has 0 spiro atoms. The van der Waals surface area contributed by atoms with E-state index in [1.807, 2.05) is 43.0 Å². The normalized spacial score (nSPS) is 11.4. The molecule has 0 aliphatic heterocycles. The van der Waals surface area contributed by atoms with Crippen molar-refractivity contribution in [3.05, 3.63) is 29.8 Å². The van der Waals surface area contributed by atoms with Crippen LogP contribution >= 0.6 is 0 Å². The molecule has 0 aromatic heterocycles. The summed E-state index contributed by atoms with van der Waals surface area (Å²) in [4.78, 5) is 26.3. The van der Waals surface area contributed by atoms with Gasteiger partial charge in [-0.05, 0) is 36.4 Å². The van der Waals surface area contributed by atoms with Gasteiger partial charge in [0, 0.05) is 12.2 Å². The summed E-state index contributed by atoms with van der Waals surface area (Å²) in [6.07, 6.45) is 1.80. The molecule has 0 atom stereocenters. The fraction of sp³-hybridized carbons (Fsp3) is 0.600. The van der Waals surface area contributed by atoms with Gasteiger partial charge in [0.15, 0.2) is 0 Å². The fourth-order valence-electron chi connectivity index (χ4n) is 2.69. The van der Waals surface area contributed by atoms with Gasteiger partial charge in [0.2, 0.25) is 11.8 Å². The first-order valence-electron chi connectivity index (χ1n) is 9.16. The monoisotopic (exact) mass is 347 g/mol. The van der Waals surface area contributed by atoms with Crippen LogP contribution in [0.2, 0.25) is 0 Å². The summed E-state index contributed by atoms with van der Waals surface area (Å²) in [7, 11) is 0. The molecule has 140 valence electrons. The van der Waals surface area contributed by atoms with Gasteiger partial charge >= 0.3 is 0 Å². The minimum Gasteiger partial charge on any atom is -0.355 e. The Kier molecular flexibility index (Phi) is 8.62. The number of nitrogens with one attached hydrogen (secondary N) is 2. The van der Waals surface area contributed by atoms with Crippen molar-refractivity contribution in [3.63, 3.8) is 0 Å². The number of carbonyl (C=O) groups excluding carboxylic acids is 2. The Bertz CT molecular complexity index is 564. The molecule has 1 rings (SSSR count).